The van der Waals surface area contributed by atoms with E-state index in [-0.39, 0.29) is 0 Å². The van der Waals surface area contributed by atoms with Crippen LogP contribution < -0.4 is 5.32 Å². The number of rotatable bonds is 5. The van der Waals surface area contributed by atoms with Crippen LogP contribution in [0.4, 0.5) is 0 Å². The monoisotopic (exact) mass is 272 g/mol. The van der Waals surface area contributed by atoms with Crippen molar-refractivity contribution in [2.45, 2.75) is 57.1 Å². The Hall–Kier alpha value is 0.230. The van der Waals surface area contributed by atoms with Crippen LogP contribution >= 0.6 is 11.8 Å². The van der Waals surface area contributed by atoms with Crippen molar-refractivity contribution in [3.63, 3.8) is 0 Å². The lowest BCUT2D eigenvalue weighted by atomic mass is 10.1. The third-order valence-electron chi connectivity index (χ3n) is 4.40. The van der Waals surface area contributed by atoms with Crippen molar-refractivity contribution in [3.8, 4) is 0 Å². The molecule has 18 heavy (non-hydrogen) atoms. The first-order chi connectivity index (χ1) is 8.68. The molecule has 2 aliphatic heterocycles. The van der Waals surface area contributed by atoms with Crippen molar-refractivity contribution in [3.05, 3.63) is 0 Å². The molecule has 1 N–H and O–H groups in total. The Kier molecular flexibility index (Phi) is 5.80. The first-order valence-electron chi connectivity index (χ1n) is 7.39. The minimum absolute atomic E-state index is 0.443. The van der Waals surface area contributed by atoms with Crippen molar-refractivity contribution >= 4 is 11.8 Å². The van der Waals surface area contributed by atoms with Gasteiger partial charge in [-0.2, -0.15) is 11.8 Å². The fourth-order valence-corrected chi connectivity index (χ4v) is 4.04. The molecule has 0 radical (unpaired) electrons. The fraction of sp³-hybridized carbons (Fsp3) is 1.00. The molecular weight excluding hydrogens is 244 g/mol. The summed E-state index contributed by atoms with van der Waals surface area (Å²) in [4.78, 5) is 2.62. The Labute approximate surface area is 116 Å². The third-order valence-corrected chi connectivity index (χ3v) is 5.74. The summed E-state index contributed by atoms with van der Waals surface area (Å²) in [6.07, 6.45) is 2.90. The summed E-state index contributed by atoms with van der Waals surface area (Å²) in [6, 6.07) is 1.21. The van der Waals surface area contributed by atoms with Crippen LogP contribution in [-0.4, -0.2) is 60.3 Å². The highest BCUT2D eigenvalue weighted by molar-refractivity contribution is 8.00. The lowest BCUT2D eigenvalue weighted by Gasteiger charge is -2.37. The van der Waals surface area contributed by atoms with E-state index >= 15 is 0 Å². The molecule has 2 aliphatic rings. The molecular formula is C14H28N2OS. The lowest BCUT2D eigenvalue weighted by molar-refractivity contribution is 0.0820. The minimum atomic E-state index is 0.443. The summed E-state index contributed by atoms with van der Waals surface area (Å²) in [6.45, 7) is 11.4. The van der Waals surface area contributed by atoms with Gasteiger partial charge in [-0.15, -0.1) is 0 Å². The quantitative estimate of drug-likeness (QED) is 0.827. The predicted molar refractivity (Wildman–Crippen MR) is 79.4 cm³/mol. The second kappa shape index (κ2) is 7.13. The van der Waals surface area contributed by atoms with Crippen LogP contribution in [0.15, 0.2) is 0 Å². The summed E-state index contributed by atoms with van der Waals surface area (Å²) in [5, 5.41) is 4.41. The van der Waals surface area contributed by atoms with E-state index in [4.69, 9.17) is 4.74 Å². The van der Waals surface area contributed by atoms with E-state index in [2.05, 4.69) is 42.7 Å². The maximum Gasteiger partial charge on any atom is 0.0726 e. The summed E-state index contributed by atoms with van der Waals surface area (Å²) in [5.74, 6) is 1.28. The molecule has 0 spiro atoms. The molecule has 0 bridgehead atoms. The normalized spacial score (nSPS) is 35.8. The van der Waals surface area contributed by atoms with Gasteiger partial charge in [-0.1, -0.05) is 6.92 Å². The Balaban J connectivity index is 1.65. The molecule has 3 nitrogen and oxygen atoms in total. The van der Waals surface area contributed by atoms with E-state index in [1.54, 1.807) is 0 Å². The van der Waals surface area contributed by atoms with E-state index < -0.39 is 0 Å². The van der Waals surface area contributed by atoms with Gasteiger partial charge in [0.25, 0.3) is 0 Å². The summed E-state index contributed by atoms with van der Waals surface area (Å²) < 4.78 is 5.72. The summed E-state index contributed by atoms with van der Waals surface area (Å²) >= 11 is 2.11. The average molecular weight is 272 g/mol. The van der Waals surface area contributed by atoms with Crippen molar-refractivity contribution in [2.24, 2.45) is 0 Å². The minimum Gasteiger partial charge on any atom is -0.377 e. The Bertz CT molecular complexity index is 246. The smallest absolute Gasteiger partial charge is 0.0726 e. The molecule has 0 aliphatic carbocycles. The maximum atomic E-state index is 5.72. The molecule has 2 fully saturated rings. The second-order valence-corrected chi connectivity index (χ2v) is 7.13. The molecule has 4 atom stereocenters. The van der Waals surface area contributed by atoms with Gasteiger partial charge in [-0.25, -0.2) is 0 Å². The van der Waals surface area contributed by atoms with E-state index in [9.17, 15) is 0 Å². The number of ether oxygens (including phenoxy) is 1. The number of hydrogen-bond acceptors (Lipinski definition) is 4. The zero-order valence-electron chi connectivity index (χ0n) is 12.0. The SMILES string of the molecule is CC(NCCN1CCSC(C)C1C)C1CCCO1. The Morgan fingerprint density at radius 3 is 3.00 bits per heavy atom. The maximum absolute atomic E-state index is 5.72. The largest absolute Gasteiger partial charge is 0.377 e. The van der Waals surface area contributed by atoms with Crippen LogP contribution in [0.25, 0.3) is 0 Å². The molecule has 0 aromatic carbocycles. The van der Waals surface area contributed by atoms with Crippen LogP contribution in [-0.2, 0) is 4.74 Å². The molecule has 2 heterocycles. The molecule has 2 saturated heterocycles. The second-order valence-electron chi connectivity index (χ2n) is 5.65. The topological polar surface area (TPSA) is 24.5 Å². The van der Waals surface area contributed by atoms with Gasteiger partial charge in [0.1, 0.15) is 0 Å². The number of hydrogen-bond donors (Lipinski definition) is 1. The molecule has 0 aromatic rings. The number of nitrogens with zero attached hydrogens (tertiary/aromatic N) is 1. The Morgan fingerprint density at radius 1 is 1.44 bits per heavy atom. The van der Waals surface area contributed by atoms with Gasteiger partial charge in [-0.3, -0.25) is 4.90 Å². The highest BCUT2D eigenvalue weighted by Gasteiger charge is 2.25. The zero-order chi connectivity index (χ0) is 13.0. The van der Waals surface area contributed by atoms with Gasteiger partial charge in [0, 0.05) is 49.3 Å². The molecule has 0 saturated carbocycles. The number of nitrogens with one attached hydrogen (secondary N) is 1. The van der Waals surface area contributed by atoms with Crippen molar-refractivity contribution in [1.29, 1.82) is 0 Å². The van der Waals surface area contributed by atoms with Crippen LogP contribution in [0.1, 0.15) is 33.6 Å². The van der Waals surface area contributed by atoms with Crippen LogP contribution in [0.5, 0.6) is 0 Å². The highest BCUT2D eigenvalue weighted by Crippen LogP contribution is 2.23. The number of thioether (sulfide) groups is 1. The molecule has 2 rings (SSSR count). The first kappa shape index (κ1) is 14.6. The molecule has 0 amide bonds. The van der Waals surface area contributed by atoms with E-state index in [1.165, 1.54) is 31.7 Å². The van der Waals surface area contributed by atoms with Gasteiger partial charge in [0.15, 0.2) is 0 Å². The van der Waals surface area contributed by atoms with Gasteiger partial charge < -0.3 is 10.1 Å². The average Bonchev–Trinajstić information content (AvgIpc) is 2.88. The van der Waals surface area contributed by atoms with Crippen molar-refractivity contribution in [1.82, 2.24) is 10.2 Å². The molecule has 4 heteroatoms. The standard InChI is InChI=1S/C14H28N2OS/c1-11(14-5-4-9-17-14)15-6-7-16-8-10-18-13(3)12(16)2/h11-15H,4-10H2,1-3H3. The summed E-state index contributed by atoms with van der Waals surface area (Å²) in [5.41, 5.74) is 0. The van der Waals surface area contributed by atoms with Gasteiger partial charge in [0.2, 0.25) is 0 Å². The van der Waals surface area contributed by atoms with Crippen molar-refractivity contribution < 1.29 is 4.74 Å². The van der Waals surface area contributed by atoms with Gasteiger partial charge in [-0.05, 0) is 26.7 Å². The molecule has 106 valence electrons. The van der Waals surface area contributed by atoms with Gasteiger partial charge >= 0.3 is 0 Å². The lowest BCUT2D eigenvalue weighted by Crippen LogP contribution is -2.48. The van der Waals surface area contributed by atoms with E-state index in [0.29, 0.717) is 18.2 Å². The fourth-order valence-electron chi connectivity index (χ4n) is 2.88. The highest BCUT2D eigenvalue weighted by atomic mass is 32.2. The third kappa shape index (κ3) is 3.86. The van der Waals surface area contributed by atoms with Crippen molar-refractivity contribution in [2.75, 3.05) is 32.0 Å². The molecule has 4 unspecified atom stereocenters. The van der Waals surface area contributed by atoms with Crippen LogP contribution in [0.2, 0.25) is 0 Å². The first-order valence-corrected chi connectivity index (χ1v) is 8.44. The Morgan fingerprint density at radius 2 is 2.28 bits per heavy atom. The summed E-state index contributed by atoms with van der Waals surface area (Å²) in [7, 11) is 0. The van der Waals surface area contributed by atoms with E-state index in [0.717, 1.165) is 18.4 Å². The van der Waals surface area contributed by atoms with Gasteiger partial charge in [0.05, 0.1) is 6.10 Å². The predicted octanol–water partition coefficient (Wildman–Crippen LogP) is 1.97. The molecule has 0 aromatic heterocycles. The zero-order valence-corrected chi connectivity index (χ0v) is 12.8. The van der Waals surface area contributed by atoms with E-state index in [1.807, 2.05) is 0 Å². The van der Waals surface area contributed by atoms with Crippen LogP contribution in [0.3, 0.4) is 0 Å². The van der Waals surface area contributed by atoms with Crippen LogP contribution in [0, 0.1) is 0 Å².